The first-order valence-electron chi connectivity index (χ1n) is 12.6. The fraction of sp³-hybridized carbons (Fsp3) is 0.615. The maximum atomic E-state index is 13.2. The Morgan fingerprint density at radius 1 is 1.15 bits per heavy atom. The van der Waals surface area contributed by atoms with Crippen LogP contribution in [0.25, 0.3) is 11.3 Å². The molecule has 2 aromatic rings. The molecule has 2 aliphatic heterocycles. The number of nitrogens with zero attached hydrogens (tertiary/aromatic N) is 2. The quantitative estimate of drug-likeness (QED) is 0.662. The van der Waals surface area contributed by atoms with Crippen molar-refractivity contribution in [2.24, 2.45) is 17.6 Å². The van der Waals surface area contributed by atoms with E-state index in [-0.39, 0.29) is 42.2 Å². The number of hydrogen-bond donors (Lipinski definition) is 2. The molecule has 7 nitrogen and oxygen atoms in total. The van der Waals surface area contributed by atoms with E-state index < -0.39 is 6.04 Å². The van der Waals surface area contributed by atoms with Crippen LogP contribution in [0.15, 0.2) is 30.5 Å². The molecule has 5 rings (SSSR count). The third kappa shape index (κ3) is 3.80. The third-order valence-electron chi connectivity index (χ3n) is 8.47. The molecule has 0 spiro atoms. The van der Waals surface area contributed by atoms with Gasteiger partial charge >= 0.3 is 7.12 Å². The number of imidazole rings is 1. The average molecular weight is 464 g/mol. The zero-order valence-corrected chi connectivity index (χ0v) is 21.2. The van der Waals surface area contributed by atoms with Gasteiger partial charge in [0.05, 0.1) is 35.2 Å². The Labute approximate surface area is 202 Å². The number of rotatable bonds is 5. The molecule has 8 heteroatoms. The van der Waals surface area contributed by atoms with Crippen LogP contribution < -0.4 is 11.2 Å². The van der Waals surface area contributed by atoms with Crippen LogP contribution in [0.3, 0.4) is 0 Å². The fourth-order valence-corrected chi connectivity index (χ4v) is 5.55. The van der Waals surface area contributed by atoms with Gasteiger partial charge in [0.2, 0.25) is 5.91 Å². The van der Waals surface area contributed by atoms with Crippen LogP contribution in [0.4, 0.5) is 0 Å². The van der Waals surface area contributed by atoms with Crippen molar-refractivity contribution in [1.29, 1.82) is 0 Å². The number of aromatic amines is 1. The van der Waals surface area contributed by atoms with E-state index in [9.17, 15) is 4.79 Å². The summed E-state index contributed by atoms with van der Waals surface area (Å²) < 4.78 is 12.4. The molecule has 1 aromatic heterocycles. The summed E-state index contributed by atoms with van der Waals surface area (Å²) in [7, 11) is -0.379. The van der Waals surface area contributed by atoms with E-state index in [0.717, 1.165) is 41.8 Å². The standard InChI is InChI=1S/C26H37BN4O3/c1-15(2)21(28)24(32)31-19-12-9-17(13-19)22(31)23-29-14-20(30-23)16-7-10-18(11-8-16)27-33-25(3,4)26(5,6)34-27/h7-8,10-11,14-15,17,19,21-22H,9,12-13,28H2,1-6H3,(H,29,30). The Morgan fingerprint density at radius 2 is 1.79 bits per heavy atom. The van der Waals surface area contributed by atoms with Crippen molar-refractivity contribution in [3.63, 3.8) is 0 Å². The van der Waals surface area contributed by atoms with Gasteiger partial charge in [0.1, 0.15) is 5.82 Å². The van der Waals surface area contributed by atoms with Gasteiger partial charge in [-0.15, -0.1) is 0 Å². The lowest BCUT2D eigenvalue weighted by Gasteiger charge is -2.36. The fourth-order valence-electron chi connectivity index (χ4n) is 5.55. The molecule has 4 atom stereocenters. The molecule has 1 saturated carbocycles. The molecule has 3 fully saturated rings. The summed E-state index contributed by atoms with van der Waals surface area (Å²) >= 11 is 0. The van der Waals surface area contributed by atoms with Crippen LogP contribution >= 0.6 is 0 Å². The maximum absolute atomic E-state index is 13.2. The predicted molar refractivity (Wildman–Crippen MR) is 133 cm³/mol. The lowest BCUT2D eigenvalue weighted by molar-refractivity contribution is -0.138. The number of H-pyrrole nitrogens is 1. The molecule has 3 aliphatic rings. The minimum atomic E-state index is -0.473. The van der Waals surface area contributed by atoms with Gasteiger partial charge in [0.25, 0.3) is 0 Å². The molecular weight excluding hydrogens is 427 g/mol. The summed E-state index contributed by atoms with van der Waals surface area (Å²) in [5.74, 6) is 1.47. The second-order valence-corrected chi connectivity index (χ2v) is 11.6. The summed E-state index contributed by atoms with van der Waals surface area (Å²) in [5.41, 5.74) is 8.52. The number of nitrogens with two attached hydrogens (primary N) is 1. The molecule has 2 saturated heterocycles. The van der Waals surface area contributed by atoms with Crippen molar-refractivity contribution in [3.05, 3.63) is 36.3 Å². The number of fused-ring (bicyclic) bond motifs is 2. The van der Waals surface area contributed by atoms with Crippen LogP contribution in [0.2, 0.25) is 0 Å². The van der Waals surface area contributed by atoms with Crippen LogP contribution in [0, 0.1) is 11.8 Å². The van der Waals surface area contributed by atoms with Gasteiger partial charge in [-0.1, -0.05) is 38.1 Å². The summed E-state index contributed by atoms with van der Waals surface area (Å²) in [6, 6.07) is 8.01. The topological polar surface area (TPSA) is 93.5 Å². The second kappa shape index (κ2) is 8.21. The van der Waals surface area contributed by atoms with Gasteiger partial charge in [0, 0.05) is 6.04 Å². The van der Waals surface area contributed by atoms with Gasteiger partial charge in [-0.2, -0.15) is 0 Å². The van der Waals surface area contributed by atoms with Crippen LogP contribution in [0.5, 0.6) is 0 Å². The molecule has 3 heterocycles. The lowest BCUT2D eigenvalue weighted by atomic mass is 9.79. The summed E-state index contributed by atoms with van der Waals surface area (Å²) in [4.78, 5) is 23.5. The van der Waals surface area contributed by atoms with E-state index in [2.05, 4.69) is 44.8 Å². The number of amides is 1. The first-order chi connectivity index (χ1) is 16.0. The number of hydrogen-bond acceptors (Lipinski definition) is 5. The number of likely N-dealkylation sites (tertiary alicyclic amines) is 1. The Kier molecular flexibility index (Phi) is 5.69. The molecule has 1 aliphatic carbocycles. The van der Waals surface area contributed by atoms with Gasteiger partial charge in [-0.25, -0.2) is 4.98 Å². The zero-order chi connectivity index (χ0) is 24.4. The number of aromatic nitrogens is 2. The molecule has 4 unspecified atom stereocenters. The van der Waals surface area contributed by atoms with E-state index in [0.29, 0.717) is 5.92 Å². The normalized spacial score (nSPS) is 28.2. The van der Waals surface area contributed by atoms with E-state index >= 15 is 0 Å². The Bertz CT molecular complexity index is 1050. The molecule has 34 heavy (non-hydrogen) atoms. The van der Waals surface area contributed by atoms with Crippen molar-refractivity contribution in [2.75, 3.05) is 0 Å². The molecule has 1 aromatic carbocycles. The van der Waals surface area contributed by atoms with Crippen LogP contribution in [-0.4, -0.2) is 51.2 Å². The number of nitrogens with one attached hydrogen (secondary N) is 1. The van der Waals surface area contributed by atoms with E-state index in [4.69, 9.17) is 20.0 Å². The highest BCUT2D eigenvalue weighted by Gasteiger charge is 2.52. The molecular formula is C26H37BN4O3. The van der Waals surface area contributed by atoms with E-state index in [1.54, 1.807) is 0 Å². The summed E-state index contributed by atoms with van der Waals surface area (Å²) in [6.07, 6.45) is 5.11. The van der Waals surface area contributed by atoms with Crippen molar-refractivity contribution < 1.29 is 14.1 Å². The molecule has 1 amide bonds. The number of carbonyl (C=O) groups excluding carboxylic acids is 1. The maximum Gasteiger partial charge on any atom is 0.494 e. The third-order valence-corrected chi connectivity index (χ3v) is 8.47. The Morgan fingerprint density at radius 3 is 2.41 bits per heavy atom. The number of carbonyl (C=O) groups is 1. The van der Waals surface area contributed by atoms with Crippen molar-refractivity contribution in [1.82, 2.24) is 14.9 Å². The molecule has 2 bridgehead atoms. The van der Waals surface area contributed by atoms with Gasteiger partial charge in [-0.3, -0.25) is 4.79 Å². The smallest absolute Gasteiger partial charge is 0.399 e. The van der Waals surface area contributed by atoms with Crippen LogP contribution in [-0.2, 0) is 14.1 Å². The summed E-state index contributed by atoms with van der Waals surface area (Å²) in [5, 5.41) is 0. The van der Waals surface area contributed by atoms with Crippen molar-refractivity contribution in [2.45, 2.75) is 90.1 Å². The zero-order valence-electron chi connectivity index (χ0n) is 21.2. The second-order valence-electron chi connectivity index (χ2n) is 11.6. The first kappa shape index (κ1) is 23.6. The van der Waals surface area contributed by atoms with E-state index in [1.165, 1.54) is 0 Å². The van der Waals surface area contributed by atoms with Gasteiger partial charge in [0.15, 0.2) is 0 Å². The largest absolute Gasteiger partial charge is 0.494 e. The highest BCUT2D eigenvalue weighted by Crippen LogP contribution is 2.50. The Hall–Kier alpha value is -2.16. The first-order valence-corrected chi connectivity index (χ1v) is 12.6. The van der Waals surface area contributed by atoms with Crippen molar-refractivity contribution >= 4 is 18.5 Å². The molecule has 3 N–H and O–H groups in total. The minimum Gasteiger partial charge on any atom is -0.399 e. The monoisotopic (exact) mass is 464 g/mol. The van der Waals surface area contributed by atoms with Crippen molar-refractivity contribution in [3.8, 4) is 11.3 Å². The predicted octanol–water partition coefficient (Wildman–Crippen LogP) is 3.41. The minimum absolute atomic E-state index is 0.0196. The summed E-state index contributed by atoms with van der Waals surface area (Å²) in [6.45, 7) is 12.3. The highest BCUT2D eigenvalue weighted by molar-refractivity contribution is 6.62. The number of piperidine rings is 1. The van der Waals surface area contributed by atoms with E-state index in [1.807, 2.05) is 37.1 Å². The van der Waals surface area contributed by atoms with Gasteiger partial charge in [-0.05, 0) is 69.8 Å². The average Bonchev–Trinajstić information content (AvgIpc) is 3.55. The Balaban J connectivity index is 1.35. The molecule has 182 valence electrons. The molecule has 0 radical (unpaired) electrons. The number of benzene rings is 1. The van der Waals surface area contributed by atoms with Crippen LogP contribution in [0.1, 0.15) is 72.7 Å². The SMILES string of the molecule is CC(C)C(N)C(=O)N1C2CCC(C2)C1c1ncc(-c2ccc(B3OC(C)(C)C(C)(C)O3)cc2)[nH]1. The highest BCUT2D eigenvalue weighted by atomic mass is 16.7. The lowest BCUT2D eigenvalue weighted by Crippen LogP contribution is -2.50. The van der Waals surface area contributed by atoms with Gasteiger partial charge < -0.3 is 24.9 Å².